The molecular formula is C13H18F2N2O. The standard InChI is InChI=1S/C13H18F2N2O/c1-8-4-5-17(11(8)7-18)10-3-2-9(6-16)12(14)13(10)15/h2-3,8,11,18H,4-7,16H2,1H3. The lowest BCUT2D eigenvalue weighted by Crippen LogP contribution is -2.36. The summed E-state index contributed by atoms with van der Waals surface area (Å²) in [5.41, 5.74) is 5.72. The molecule has 0 bridgehead atoms. The Kier molecular flexibility index (Phi) is 3.82. The number of hydrogen-bond donors (Lipinski definition) is 2. The molecule has 2 atom stereocenters. The zero-order valence-electron chi connectivity index (χ0n) is 10.4. The minimum absolute atomic E-state index is 0.0249. The van der Waals surface area contributed by atoms with Gasteiger partial charge in [-0.25, -0.2) is 8.78 Å². The molecule has 1 fully saturated rings. The van der Waals surface area contributed by atoms with Gasteiger partial charge in [0.2, 0.25) is 0 Å². The van der Waals surface area contributed by atoms with Gasteiger partial charge in [-0.3, -0.25) is 0 Å². The number of aliphatic hydroxyl groups is 1. The fourth-order valence-corrected chi connectivity index (χ4v) is 2.54. The van der Waals surface area contributed by atoms with Crippen molar-refractivity contribution in [3.63, 3.8) is 0 Å². The highest BCUT2D eigenvalue weighted by Crippen LogP contribution is 2.32. The number of rotatable bonds is 3. The molecule has 1 aromatic rings. The molecule has 1 aromatic carbocycles. The molecule has 100 valence electrons. The van der Waals surface area contributed by atoms with Crippen molar-refractivity contribution in [2.24, 2.45) is 11.7 Å². The fraction of sp³-hybridized carbons (Fsp3) is 0.538. The smallest absolute Gasteiger partial charge is 0.182 e. The highest BCUT2D eigenvalue weighted by molar-refractivity contribution is 5.52. The molecular weight excluding hydrogens is 238 g/mol. The van der Waals surface area contributed by atoms with Crippen LogP contribution in [0.4, 0.5) is 14.5 Å². The summed E-state index contributed by atoms with van der Waals surface area (Å²) in [6.07, 6.45) is 0.866. The molecule has 0 aliphatic carbocycles. The Hall–Kier alpha value is -1.20. The Morgan fingerprint density at radius 2 is 2.11 bits per heavy atom. The Bertz CT molecular complexity index is 439. The highest BCUT2D eigenvalue weighted by Gasteiger charge is 2.32. The summed E-state index contributed by atoms with van der Waals surface area (Å²) in [4.78, 5) is 1.74. The number of anilines is 1. The van der Waals surface area contributed by atoms with Gasteiger partial charge in [-0.05, 0) is 18.4 Å². The van der Waals surface area contributed by atoms with Crippen LogP contribution in [0.25, 0.3) is 0 Å². The van der Waals surface area contributed by atoms with Crippen molar-refractivity contribution in [3.8, 4) is 0 Å². The van der Waals surface area contributed by atoms with Crippen molar-refractivity contribution in [1.29, 1.82) is 0 Å². The van der Waals surface area contributed by atoms with Crippen LogP contribution >= 0.6 is 0 Å². The summed E-state index contributed by atoms with van der Waals surface area (Å²) in [6, 6.07) is 2.90. The van der Waals surface area contributed by atoms with Gasteiger partial charge < -0.3 is 15.7 Å². The van der Waals surface area contributed by atoms with E-state index in [1.807, 2.05) is 6.92 Å². The van der Waals surface area contributed by atoms with Gasteiger partial charge in [0, 0.05) is 18.7 Å². The lowest BCUT2D eigenvalue weighted by Gasteiger charge is -2.28. The number of halogens is 2. The highest BCUT2D eigenvalue weighted by atomic mass is 19.2. The van der Waals surface area contributed by atoms with E-state index in [4.69, 9.17) is 5.73 Å². The average molecular weight is 256 g/mol. The summed E-state index contributed by atoms with van der Waals surface area (Å²) in [5, 5.41) is 9.35. The zero-order valence-corrected chi connectivity index (χ0v) is 10.4. The van der Waals surface area contributed by atoms with Crippen molar-refractivity contribution in [1.82, 2.24) is 0 Å². The number of benzene rings is 1. The van der Waals surface area contributed by atoms with Gasteiger partial charge in [0.15, 0.2) is 11.6 Å². The van der Waals surface area contributed by atoms with Gasteiger partial charge in [0.1, 0.15) is 0 Å². The van der Waals surface area contributed by atoms with Crippen molar-refractivity contribution in [2.45, 2.75) is 25.9 Å². The van der Waals surface area contributed by atoms with E-state index >= 15 is 0 Å². The maximum Gasteiger partial charge on any atom is 0.182 e. The molecule has 1 heterocycles. The summed E-state index contributed by atoms with van der Waals surface area (Å²) in [7, 11) is 0. The molecule has 0 spiro atoms. The Morgan fingerprint density at radius 1 is 1.39 bits per heavy atom. The SMILES string of the molecule is CC1CCN(c2ccc(CN)c(F)c2F)C1CO. The maximum atomic E-state index is 14.0. The number of nitrogens with two attached hydrogens (primary N) is 1. The maximum absolute atomic E-state index is 14.0. The second-order valence-corrected chi connectivity index (χ2v) is 4.79. The molecule has 0 amide bonds. The number of aliphatic hydroxyl groups excluding tert-OH is 1. The number of nitrogens with zero attached hydrogens (tertiary/aromatic N) is 1. The molecule has 2 rings (SSSR count). The predicted octanol–water partition coefficient (Wildman–Crippen LogP) is 1.63. The molecule has 1 aliphatic heterocycles. The van der Waals surface area contributed by atoms with Crippen molar-refractivity contribution < 1.29 is 13.9 Å². The molecule has 3 N–H and O–H groups in total. The van der Waals surface area contributed by atoms with Gasteiger partial charge in [0.25, 0.3) is 0 Å². The van der Waals surface area contributed by atoms with E-state index in [-0.39, 0.29) is 36.4 Å². The summed E-state index contributed by atoms with van der Waals surface area (Å²) >= 11 is 0. The molecule has 0 radical (unpaired) electrons. The quantitative estimate of drug-likeness (QED) is 0.864. The molecule has 2 unspecified atom stereocenters. The first-order valence-electron chi connectivity index (χ1n) is 6.14. The van der Waals surface area contributed by atoms with E-state index in [0.717, 1.165) is 6.42 Å². The van der Waals surface area contributed by atoms with Crippen LogP contribution in [0.5, 0.6) is 0 Å². The van der Waals surface area contributed by atoms with Crippen LogP contribution in [0.2, 0.25) is 0 Å². The third-order valence-electron chi connectivity index (χ3n) is 3.74. The van der Waals surface area contributed by atoms with E-state index in [1.54, 1.807) is 11.0 Å². The van der Waals surface area contributed by atoms with E-state index in [0.29, 0.717) is 6.54 Å². The number of hydrogen-bond acceptors (Lipinski definition) is 3. The second kappa shape index (κ2) is 5.20. The monoisotopic (exact) mass is 256 g/mol. The van der Waals surface area contributed by atoms with E-state index < -0.39 is 11.6 Å². The topological polar surface area (TPSA) is 49.5 Å². The molecule has 5 heteroatoms. The first-order chi connectivity index (χ1) is 8.60. The first-order valence-corrected chi connectivity index (χ1v) is 6.14. The van der Waals surface area contributed by atoms with Crippen molar-refractivity contribution in [2.75, 3.05) is 18.1 Å². The Labute approximate surface area is 105 Å². The predicted molar refractivity (Wildman–Crippen MR) is 66.3 cm³/mol. The van der Waals surface area contributed by atoms with Gasteiger partial charge in [-0.2, -0.15) is 0 Å². The minimum atomic E-state index is -0.883. The van der Waals surface area contributed by atoms with Crippen LogP contribution in [0.3, 0.4) is 0 Å². The van der Waals surface area contributed by atoms with Crippen molar-refractivity contribution >= 4 is 5.69 Å². The molecule has 0 saturated carbocycles. The van der Waals surface area contributed by atoms with Crippen LogP contribution < -0.4 is 10.6 Å². The molecule has 1 saturated heterocycles. The normalized spacial score (nSPS) is 23.7. The summed E-state index contributed by atoms with van der Waals surface area (Å²) < 4.78 is 27.7. The summed E-state index contributed by atoms with van der Waals surface area (Å²) in [6.45, 7) is 2.55. The van der Waals surface area contributed by atoms with E-state index in [2.05, 4.69) is 0 Å². The van der Waals surface area contributed by atoms with E-state index in [1.165, 1.54) is 6.07 Å². The van der Waals surface area contributed by atoms with Crippen LogP contribution in [0.1, 0.15) is 18.9 Å². The van der Waals surface area contributed by atoms with Crippen molar-refractivity contribution in [3.05, 3.63) is 29.3 Å². The van der Waals surface area contributed by atoms with Gasteiger partial charge in [-0.1, -0.05) is 13.0 Å². The van der Waals surface area contributed by atoms with Crippen LogP contribution in [-0.4, -0.2) is 24.3 Å². The largest absolute Gasteiger partial charge is 0.394 e. The van der Waals surface area contributed by atoms with Gasteiger partial charge >= 0.3 is 0 Å². The molecule has 1 aliphatic rings. The van der Waals surface area contributed by atoms with Gasteiger partial charge in [0.05, 0.1) is 18.3 Å². The summed E-state index contributed by atoms with van der Waals surface area (Å²) in [5.74, 6) is -1.48. The third-order valence-corrected chi connectivity index (χ3v) is 3.74. The molecule has 0 aromatic heterocycles. The van der Waals surface area contributed by atoms with Crippen LogP contribution in [0, 0.1) is 17.6 Å². The minimum Gasteiger partial charge on any atom is -0.394 e. The third kappa shape index (κ3) is 2.08. The lowest BCUT2D eigenvalue weighted by molar-refractivity contribution is 0.244. The van der Waals surface area contributed by atoms with E-state index in [9.17, 15) is 13.9 Å². The first kappa shape index (κ1) is 13.2. The molecule has 18 heavy (non-hydrogen) atoms. The van der Waals surface area contributed by atoms with Crippen LogP contribution in [0.15, 0.2) is 12.1 Å². The Balaban J connectivity index is 2.37. The lowest BCUT2D eigenvalue weighted by atomic mass is 10.0. The van der Waals surface area contributed by atoms with Gasteiger partial charge in [-0.15, -0.1) is 0 Å². The second-order valence-electron chi connectivity index (χ2n) is 4.79. The Morgan fingerprint density at radius 3 is 2.72 bits per heavy atom. The average Bonchev–Trinajstić information content (AvgIpc) is 2.73. The fourth-order valence-electron chi connectivity index (χ4n) is 2.54. The zero-order chi connectivity index (χ0) is 13.3. The van der Waals surface area contributed by atoms with Crippen LogP contribution in [-0.2, 0) is 6.54 Å². The molecule has 3 nitrogen and oxygen atoms in total.